The fourth-order valence-electron chi connectivity index (χ4n) is 3.87. The van der Waals surface area contributed by atoms with Gasteiger partial charge in [0.15, 0.2) is 11.2 Å². The molecule has 5 rings (SSSR count). The summed E-state index contributed by atoms with van der Waals surface area (Å²) in [5.74, 6) is 0.512. The Bertz CT molecular complexity index is 1240. The van der Waals surface area contributed by atoms with Crippen molar-refractivity contribution in [1.82, 2.24) is 10.2 Å². The van der Waals surface area contributed by atoms with Gasteiger partial charge in [-0.15, -0.1) is 0 Å². The molecule has 1 atom stereocenters. The Morgan fingerprint density at radius 2 is 1.64 bits per heavy atom. The highest BCUT2D eigenvalue weighted by Gasteiger charge is 2.42. The van der Waals surface area contributed by atoms with Gasteiger partial charge >= 0.3 is 0 Å². The summed E-state index contributed by atoms with van der Waals surface area (Å²) in [7, 11) is 0. The van der Waals surface area contributed by atoms with Crippen molar-refractivity contribution in [2.75, 3.05) is 12.3 Å². The molecular weight excluding hydrogens is 432 g/mol. The van der Waals surface area contributed by atoms with Crippen LogP contribution in [0.1, 0.15) is 22.7 Å². The Morgan fingerprint density at radius 1 is 0.939 bits per heavy atom. The third kappa shape index (κ3) is 4.45. The average Bonchev–Trinajstić information content (AvgIpc) is 3.21. The lowest BCUT2D eigenvalue weighted by Gasteiger charge is -2.25. The Labute approximate surface area is 196 Å². The smallest absolute Gasteiger partial charge is 0.263 e. The third-order valence-electron chi connectivity index (χ3n) is 5.50. The summed E-state index contributed by atoms with van der Waals surface area (Å²) < 4.78 is 0. The van der Waals surface area contributed by atoms with Gasteiger partial charge in [0, 0.05) is 12.1 Å². The number of aliphatic imine (C=N–C) groups is 2. The number of carbonyl (C=O) groups excluding carboxylic acids is 2. The van der Waals surface area contributed by atoms with Gasteiger partial charge in [-0.05, 0) is 29.7 Å². The third-order valence-corrected chi connectivity index (χ3v) is 6.43. The molecule has 0 radical (unpaired) electrons. The van der Waals surface area contributed by atoms with Crippen LogP contribution in [0.5, 0.6) is 0 Å². The predicted molar refractivity (Wildman–Crippen MR) is 132 cm³/mol. The van der Waals surface area contributed by atoms with E-state index in [-0.39, 0.29) is 17.6 Å². The Balaban J connectivity index is 1.31. The lowest BCUT2D eigenvalue weighted by atomic mass is 10.1. The highest BCUT2D eigenvalue weighted by atomic mass is 32.2. The maximum atomic E-state index is 13.4. The van der Waals surface area contributed by atoms with Gasteiger partial charge in [-0.1, -0.05) is 84.6 Å². The number of thioether (sulfide) groups is 1. The van der Waals surface area contributed by atoms with Crippen LogP contribution in [-0.2, 0) is 16.0 Å². The summed E-state index contributed by atoms with van der Waals surface area (Å²) in [6.07, 6.45) is 0.770. The van der Waals surface area contributed by atoms with E-state index < -0.39 is 6.04 Å². The lowest BCUT2D eigenvalue weighted by Crippen LogP contribution is -2.40. The molecule has 2 aliphatic heterocycles. The standard InChI is InChI=1S/C26H22N4O2S/c31-22(27-16-15-18-9-3-1-4-10-18)17-33-26-28-21-14-8-7-13-20(21)24-29-23(25(32)30(24)26)19-11-5-2-6-12-19/h1-14,23H,15-17H2,(H,27,31). The van der Waals surface area contributed by atoms with Gasteiger partial charge in [-0.3, -0.25) is 9.59 Å². The first-order valence-corrected chi connectivity index (χ1v) is 11.8. The second kappa shape index (κ2) is 9.42. The summed E-state index contributed by atoms with van der Waals surface area (Å²) in [5, 5.41) is 3.43. The van der Waals surface area contributed by atoms with Gasteiger partial charge < -0.3 is 5.32 Å². The monoisotopic (exact) mass is 454 g/mol. The fourth-order valence-corrected chi connectivity index (χ4v) is 4.70. The molecule has 0 aromatic heterocycles. The van der Waals surface area contributed by atoms with E-state index >= 15 is 0 Å². The molecule has 33 heavy (non-hydrogen) atoms. The lowest BCUT2D eigenvalue weighted by molar-refractivity contribution is -0.124. The molecule has 0 saturated heterocycles. The van der Waals surface area contributed by atoms with Gasteiger partial charge in [0.25, 0.3) is 5.91 Å². The van der Waals surface area contributed by atoms with Crippen LogP contribution in [0.3, 0.4) is 0 Å². The number of nitrogens with zero attached hydrogens (tertiary/aromatic N) is 3. The van der Waals surface area contributed by atoms with E-state index in [0.29, 0.717) is 17.5 Å². The van der Waals surface area contributed by atoms with Gasteiger partial charge in [0.1, 0.15) is 5.84 Å². The zero-order chi connectivity index (χ0) is 22.6. The minimum absolute atomic E-state index is 0.0952. The fraction of sp³-hybridized carbons (Fsp3) is 0.154. The van der Waals surface area contributed by atoms with Gasteiger partial charge in [-0.2, -0.15) is 0 Å². The number of rotatable bonds is 6. The van der Waals surface area contributed by atoms with Crippen molar-refractivity contribution >= 4 is 40.3 Å². The summed E-state index contributed by atoms with van der Waals surface area (Å²) in [6.45, 7) is 0.560. The highest BCUT2D eigenvalue weighted by molar-refractivity contribution is 8.14. The van der Waals surface area contributed by atoms with Gasteiger partial charge in [-0.25, -0.2) is 14.9 Å². The number of hydrogen-bond acceptors (Lipinski definition) is 5. The van der Waals surface area contributed by atoms with Crippen molar-refractivity contribution in [1.29, 1.82) is 0 Å². The normalized spacial score (nSPS) is 16.5. The number of fused-ring (bicyclic) bond motifs is 3. The second-order valence-electron chi connectivity index (χ2n) is 7.73. The van der Waals surface area contributed by atoms with Crippen LogP contribution in [0.4, 0.5) is 5.69 Å². The number of benzene rings is 3. The van der Waals surface area contributed by atoms with Crippen LogP contribution >= 0.6 is 11.8 Å². The van der Waals surface area contributed by atoms with Crippen LogP contribution in [0, 0.1) is 0 Å². The second-order valence-corrected chi connectivity index (χ2v) is 8.67. The molecule has 1 N–H and O–H groups in total. The van der Waals surface area contributed by atoms with Crippen LogP contribution < -0.4 is 5.32 Å². The number of hydrogen-bond donors (Lipinski definition) is 1. The molecule has 2 aliphatic rings. The van der Waals surface area contributed by atoms with Crippen LogP contribution in [-0.4, -0.2) is 40.0 Å². The van der Waals surface area contributed by atoms with Crippen molar-refractivity contribution in [3.05, 3.63) is 102 Å². The number of amidine groups is 2. The SMILES string of the molecule is O=C(CSC1=Nc2ccccc2C2=NC(c3ccccc3)C(=O)N12)NCCc1ccccc1. The minimum atomic E-state index is -0.613. The average molecular weight is 455 g/mol. The molecule has 2 heterocycles. The topological polar surface area (TPSA) is 74.1 Å². The van der Waals surface area contributed by atoms with Crippen molar-refractivity contribution in [3.63, 3.8) is 0 Å². The first-order chi connectivity index (χ1) is 16.2. The van der Waals surface area contributed by atoms with Crippen LogP contribution in [0.2, 0.25) is 0 Å². The minimum Gasteiger partial charge on any atom is -0.355 e. The first-order valence-electron chi connectivity index (χ1n) is 10.8. The van der Waals surface area contributed by atoms with Gasteiger partial charge in [0.2, 0.25) is 5.91 Å². The molecule has 3 aromatic rings. The molecule has 0 spiro atoms. The van der Waals surface area contributed by atoms with Crippen molar-refractivity contribution in [3.8, 4) is 0 Å². The zero-order valence-corrected chi connectivity index (χ0v) is 18.7. The van der Waals surface area contributed by atoms with Crippen LogP contribution in [0.15, 0.2) is 94.9 Å². The molecule has 0 bridgehead atoms. The highest BCUT2D eigenvalue weighted by Crippen LogP contribution is 2.37. The van der Waals surface area contributed by atoms with Crippen LogP contribution in [0.25, 0.3) is 0 Å². The zero-order valence-electron chi connectivity index (χ0n) is 17.8. The van der Waals surface area contributed by atoms with E-state index in [4.69, 9.17) is 9.98 Å². The summed E-state index contributed by atoms with van der Waals surface area (Å²) in [6, 6.07) is 26.6. The largest absolute Gasteiger partial charge is 0.355 e. The summed E-state index contributed by atoms with van der Waals surface area (Å²) in [5.41, 5.74) is 3.58. The molecule has 0 aliphatic carbocycles. The molecule has 1 unspecified atom stereocenters. The van der Waals surface area contributed by atoms with E-state index in [1.54, 1.807) is 4.90 Å². The Kier molecular flexibility index (Phi) is 6.04. The van der Waals surface area contributed by atoms with Crippen molar-refractivity contribution in [2.24, 2.45) is 9.98 Å². The first kappa shape index (κ1) is 21.2. The van der Waals surface area contributed by atoms with E-state index in [1.807, 2.05) is 84.9 Å². The number of para-hydroxylation sites is 1. The molecule has 3 aromatic carbocycles. The number of nitrogens with one attached hydrogen (secondary N) is 1. The number of amides is 2. The predicted octanol–water partition coefficient (Wildman–Crippen LogP) is 4.11. The number of carbonyl (C=O) groups is 2. The molecule has 0 saturated carbocycles. The maximum absolute atomic E-state index is 13.4. The van der Waals surface area contributed by atoms with E-state index in [2.05, 4.69) is 5.32 Å². The Hall–Kier alpha value is -3.71. The molecule has 6 nitrogen and oxygen atoms in total. The summed E-state index contributed by atoms with van der Waals surface area (Å²) >= 11 is 1.25. The Morgan fingerprint density at radius 3 is 2.42 bits per heavy atom. The van der Waals surface area contributed by atoms with E-state index in [0.717, 1.165) is 23.2 Å². The molecule has 0 fully saturated rings. The van der Waals surface area contributed by atoms with E-state index in [9.17, 15) is 9.59 Å². The maximum Gasteiger partial charge on any atom is 0.263 e. The molecule has 164 valence electrons. The summed E-state index contributed by atoms with van der Waals surface area (Å²) in [4.78, 5) is 36.8. The van der Waals surface area contributed by atoms with E-state index in [1.165, 1.54) is 17.3 Å². The molecule has 7 heteroatoms. The van der Waals surface area contributed by atoms with Crippen molar-refractivity contribution in [2.45, 2.75) is 12.5 Å². The van der Waals surface area contributed by atoms with Gasteiger partial charge in [0.05, 0.1) is 11.4 Å². The van der Waals surface area contributed by atoms with Crippen molar-refractivity contribution < 1.29 is 9.59 Å². The molecule has 2 amide bonds. The quantitative estimate of drug-likeness (QED) is 0.609. The molecular formula is C26H22N4O2S.